The Hall–Kier alpha value is -1.62. The summed E-state index contributed by atoms with van der Waals surface area (Å²) in [5, 5.41) is 11.9. The molecule has 0 spiro atoms. The Balaban J connectivity index is 1.87. The van der Waals surface area contributed by atoms with Crippen molar-refractivity contribution < 1.29 is 14.6 Å². The highest BCUT2D eigenvalue weighted by atomic mass is 16.5. The van der Waals surface area contributed by atoms with Crippen LogP contribution in [0.4, 0.5) is 5.82 Å². The number of aromatic nitrogens is 1. The van der Waals surface area contributed by atoms with Crippen LogP contribution in [0.15, 0.2) is 18.3 Å². The number of rotatable bonds is 4. The summed E-state index contributed by atoms with van der Waals surface area (Å²) in [4.78, 5) is 14.6. The Morgan fingerprint density at radius 2 is 2.50 bits per heavy atom. The molecule has 0 aromatic carbocycles. The molecule has 1 aromatic rings. The van der Waals surface area contributed by atoms with Crippen LogP contribution in [-0.4, -0.2) is 35.8 Å². The summed E-state index contributed by atoms with van der Waals surface area (Å²) in [5.41, 5.74) is 0.203. The van der Waals surface area contributed by atoms with Gasteiger partial charge in [-0.05, 0) is 18.6 Å². The summed E-state index contributed by atoms with van der Waals surface area (Å²) >= 11 is 0. The van der Waals surface area contributed by atoms with E-state index in [2.05, 4.69) is 10.3 Å². The van der Waals surface area contributed by atoms with E-state index in [1.165, 1.54) is 6.20 Å². The number of aromatic carboxylic acids is 1. The van der Waals surface area contributed by atoms with Crippen LogP contribution in [0.3, 0.4) is 0 Å². The molecule has 0 amide bonds. The van der Waals surface area contributed by atoms with Gasteiger partial charge in [0.05, 0.1) is 12.2 Å². The van der Waals surface area contributed by atoms with E-state index >= 15 is 0 Å². The number of nitrogens with zero attached hydrogens (tertiary/aromatic N) is 1. The van der Waals surface area contributed by atoms with Gasteiger partial charge in [-0.3, -0.25) is 0 Å². The smallest absolute Gasteiger partial charge is 0.337 e. The Kier molecular flexibility index (Phi) is 3.36. The first-order valence-electron chi connectivity index (χ1n) is 5.26. The van der Waals surface area contributed by atoms with Crippen LogP contribution in [0.2, 0.25) is 0 Å². The molecule has 2 heterocycles. The van der Waals surface area contributed by atoms with Crippen LogP contribution in [0.1, 0.15) is 16.8 Å². The second kappa shape index (κ2) is 4.94. The van der Waals surface area contributed by atoms with Crippen molar-refractivity contribution in [2.24, 2.45) is 5.92 Å². The monoisotopic (exact) mass is 222 g/mol. The molecule has 5 heteroatoms. The largest absolute Gasteiger partial charge is 0.478 e. The van der Waals surface area contributed by atoms with Crippen molar-refractivity contribution in [1.82, 2.24) is 4.98 Å². The fourth-order valence-corrected chi connectivity index (χ4v) is 1.62. The molecule has 86 valence electrons. The van der Waals surface area contributed by atoms with Crippen LogP contribution in [0.25, 0.3) is 0 Å². The predicted octanol–water partition coefficient (Wildman–Crippen LogP) is 1.23. The van der Waals surface area contributed by atoms with Gasteiger partial charge >= 0.3 is 5.97 Å². The molecule has 1 atom stereocenters. The third-order valence-corrected chi connectivity index (χ3v) is 2.61. The minimum absolute atomic E-state index is 0.203. The van der Waals surface area contributed by atoms with Gasteiger partial charge in [0.25, 0.3) is 0 Å². The molecule has 16 heavy (non-hydrogen) atoms. The van der Waals surface area contributed by atoms with E-state index in [4.69, 9.17) is 9.84 Å². The van der Waals surface area contributed by atoms with Gasteiger partial charge in [0.15, 0.2) is 0 Å². The molecular weight excluding hydrogens is 208 g/mol. The van der Waals surface area contributed by atoms with Crippen molar-refractivity contribution in [3.05, 3.63) is 23.9 Å². The van der Waals surface area contributed by atoms with Gasteiger partial charge in [-0.15, -0.1) is 0 Å². The highest BCUT2D eigenvalue weighted by Crippen LogP contribution is 2.13. The summed E-state index contributed by atoms with van der Waals surface area (Å²) in [6.45, 7) is 2.44. The summed E-state index contributed by atoms with van der Waals surface area (Å²) in [6, 6.07) is 3.22. The van der Waals surface area contributed by atoms with Gasteiger partial charge in [-0.2, -0.15) is 0 Å². The standard InChI is InChI=1S/C11H14N2O3/c14-11(15)9-1-2-10(13-6-9)12-5-8-3-4-16-7-8/h1-2,6,8H,3-5,7H2,(H,12,13)(H,14,15). The zero-order chi connectivity index (χ0) is 11.4. The molecular formula is C11H14N2O3. The number of hydrogen-bond acceptors (Lipinski definition) is 4. The van der Waals surface area contributed by atoms with Crippen LogP contribution in [-0.2, 0) is 4.74 Å². The van der Waals surface area contributed by atoms with Gasteiger partial charge in [0.2, 0.25) is 0 Å². The van der Waals surface area contributed by atoms with E-state index in [0.717, 1.165) is 26.2 Å². The summed E-state index contributed by atoms with van der Waals surface area (Å²) in [7, 11) is 0. The maximum Gasteiger partial charge on any atom is 0.337 e. The fourth-order valence-electron chi connectivity index (χ4n) is 1.62. The first kappa shape index (κ1) is 10.9. The van der Waals surface area contributed by atoms with Gasteiger partial charge < -0.3 is 15.2 Å². The Morgan fingerprint density at radius 1 is 1.62 bits per heavy atom. The Labute approximate surface area is 93.5 Å². The fraction of sp³-hybridized carbons (Fsp3) is 0.455. The molecule has 0 aliphatic carbocycles. The predicted molar refractivity (Wildman–Crippen MR) is 58.6 cm³/mol. The van der Waals surface area contributed by atoms with Crippen molar-refractivity contribution in [2.45, 2.75) is 6.42 Å². The summed E-state index contributed by atoms with van der Waals surface area (Å²) < 4.78 is 5.26. The lowest BCUT2D eigenvalue weighted by molar-refractivity contribution is 0.0696. The van der Waals surface area contributed by atoms with Gasteiger partial charge in [0.1, 0.15) is 5.82 Å². The molecule has 1 aliphatic rings. The second-order valence-electron chi connectivity index (χ2n) is 3.85. The summed E-state index contributed by atoms with van der Waals surface area (Å²) in [6.07, 6.45) is 2.43. The van der Waals surface area contributed by atoms with Crippen LogP contribution < -0.4 is 5.32 Å². The number of carboxylic acids is 1. The number of hydrogen-bond donors (Lipinski definition) is 2. The molecule has 0 radical (unpaired) electrons. The zero-order valence-corrected chi connectivity index (χ0v) is 8.85. The lowest BCUT2D eigenvalue weighted by atomic mass is 10.1. The summed E-state index contributed by atoms with van der Waals surface area (Å²) in [5.74, 6) is 0.279. The molecule has 0 bridgehead atoms. The van der Waals surface area contributed by atoms with Crippen molar-refractivity contribution in [3.63, 3.8) is 0 Å². The molecule has 1 fully saturated rings. The minimum atomic E-state index is -0.955. The van der Waals surface area contributed by atoms with Gasteiger partial charge in [-0.1, -0.05) is 0 Å². The van der Waals surface area contributed by atoms with Crippen LogP contribution >= 0.6 is 0 Å². The van der Waals surface area contributed by atoms with Crippen molar-refractivity contribution in [3.8, 4) is 0 Å². The van der Waals surface area contributed by atoms with E-state index in [9.17, 15) is 4.79 Å². The lowest BCUT2D eigenvalue weighted by Gasteiger charge is -2.09. The Bertz CT molecular complexity index is 358. The number of pyridine rings is 1. The van der Waals surface area contributed by atoms with Crippen LogP contribution in [0, 0.1) is 5.92 Å². The third kappa shape index (κ3) is 2.70. The molecule has 5 nitrogen and oxygen atoms in total. The van der Waals surface area contributed by atoms with E-state index < -0.39 is 5.97 Å². The lowest BCUT2D eigenvalue weighted by Crippen LogP contribution is -2.14. The van der Waals surface area contributed by atoms with E-state index in [1.54, 1.807) is 12.1 Å². The number of nitrogens with one attached hydrogen (secondary N) is 1. The average Bonchev–Trinajstić information content (AvgIpc) is 2.80. The van der Waals surface area contributed by atoms with Gasteiger partial charge in [-0.25, -0.2) is 9.78 Å². The van der Waals surface area contributed by atoms with E-state index in [1.807, 2.05) is 0 Å². The average molecular weight is 222 g/mol. The van der Waals surface area contributed by atoms with Crippen molar-refractivity contribution >= 4 is 11.8 Å². The molecule has 2 rings (SSSR count). The molecule has 0 saturated carbocycles. The topological polar surface area (TPSA) is 71.5 Å². The van der Waals surface area contributed by atoms with Crippen molar-refractivity contribution in [1.29, 1.82) is 0 Å². The van der Waals surface area contributed by atoms with Crippen LogP contribution in [0.5, 0.6) is 0 Å². The zero-order valence-electron chi connectivity index (χ0n) is 8.85. The Morgan fingerprint density at radius 3 is 3.06 bits per heavy atom. The molecule has 1 aromatic heterocycles. The maximum absolute atomic E-state index is 10.6. The first-order chi connectivity index (χ1) is 7.75. The van der Waals surface area contributed by atoms with Crippen molar-refractivity contribution in [2.75, 3.05) is 25.1 Å². The van der Waals surface area contributed by atoms with E-state index in [0.29, 0.717) is 11.7 Å². The van der Waals surface area contributed by atoms with E-state index in [-0.39, 0.29) is 5.56 Å². The molecule has 1 aliphatic heterocycles. The first-order valence-corrected chi connectivity index (χ1v) is 5.26. The molecule has 2 N–H and O–H groups in total. The van der Waals surface area contributed by atoms with Gasteiger partial charge in [0, 0.05) is 25.3 Å². The number of carbonyl (C=O) groups is 1. The minimum Gasteiger partial charge on any atom is -0.478 e. The quantitative estimate of drug-likeness (QED) is 0.801. The second-order valence-corrected chi connectivity index (χ2v) is 3.85. The SMILES string of the molecule is O=C(O)c1ccc(NCC2CCOC2)nc1. The molecule has 1 saturated heterocycles. The highest BCUT2D eigenvalue weighted by molar-refractivity contribution is 5.87. The third-order valence-electron chi connectivity index (χ3n) is 2.61. The number of carboxylic acid groups (broad SMARTS) is 1. The maximum atomic E-state index is 10.6. The normalized spacial score (nSPS) is 19.6. The highest BCUT2D eigenvalue weighted by Gasteiger charge is 2.15. The number of ether oxygens (including phenoxy) is 1. The number of anilines is 1. The molecule has 1 unspecified atom stereocenters.